The maximum absolute atomic E-state index is 13.2. The highest BCUT2D eigenvalue weighted by atomic mass is 35.5. The largest absolute Gasteiger partial charge is 0.396 e. The lowest BCUT2D eigenvalue weighted by Crippen LogP contribution is -2.14. The van der Waals surface area contributed by atoms with Crippen LogP contribution in [0, 0.1) is 17.0 Å². The standard InChI is InChI=1S/C23H17ClN4O4/c1-13-5-8-15(12-17(13)24)26-23(30)19-18-4-2-3-11-27(18)21(20(19)25)22(29)14-6-9-16(10-7-14)28(31)32/h2-12H,25H2,1H3,(H,26,30). The number of aryl methyl sites for hydroxylation is 1. The Labute approximate surface area is 187 Å². The number of rotatable bonds is 5. The molecule has 160 valence electrons. The number of carbonyl (C=O) groups is 2. The minimum absolute atomic E-state index is 0.00950. The fourth-order valence-corrected chi connectivity index (χ4v) is 3.61. The van der Waals surface area contributed by atoms with Crippen LogP contribution in [0.3, 0.4) is 0 Å². The summed E-state index contributed by atoms with van der Waals surface area (Å²) < 4.78 is 1.54. The SMILES string of the molecule is Cc1ccc(NC(=O)c2c(N)c(C(=O)c3ccc([N+](=O)[O-])cc3)n3ccccc23)cc1Cl. The van der Waals surface area contributed by atoms with Gasteiger partial charge in [0, 0.05) is 34.6 Å². The molecule has 9 heteroatoms. The lowest BCUT2D eigenvalue weighted by atomic mass is 10.1. The van der Waals surface area contributed by atoms with E-state index in [9.17, 15) is 19.7 Å². The first-order chi connectivity index (χ1) is 15.3. The summed E-state index contributed by atoms with van der Waals surface area (Å²) in [6.45, 7) is 1.85. The van der Waals surface area contributed by atoms with Crippen molar-refractivity contribution in [2.45, 2.75) is 6.92 Å². The second-order valence-corrected chi connectivity index (χ2v) is 7.55. The van der Waals surface area contributed by atoms with Gasteiger partial charge >= 0.3 is 0 Å². The zero-order valence-electron chi connectivity index (χ0n) is 16.8. The average Bonchev–Trinajstić information content (AvgIpc) is 3.07. The van der Waals surface area contributed by atoms with Crippen molar-refractivity contribution in [3.63, 3.8) is 0 Å². The molecule has 0 aliphatic carbocycles. The quantitative estimate of drug-likeness (QED) is 0.256. The molecule has 32 heavy (non-hydrogen) atoms. The van der Waals surface area contributed by atoms with Crippen LogP contribution in [0.1, 0.15) is 32.0 Å². The Balaban J connectivity index is 1.77. The minimum atomic E-state index is -0.547. The maximum Gasteiger partial charge on any atom is 0.269 e. The zero-order valence-corrected chi connectivity index (χ0v) is 17.6. The normalized spacial score (nSPS) is 10.8. The first-order valence-corrected chi connectivity index (χ1v) is 9.91. The van der Waals surface area contributed by atoms with E-state index >= 15 is 0 Å². The van der Waals surface area contributed by atoms with E-state index in [2.05, 4.69) is 5.32 Å². The predicted molar refractivity (Wildman–Crippen MR) is 122 cm³/mol. The number of carbonyl (C=O) groups excluding carboxylic acids is 2. The van der Waals surface area contributed by atoms with Crippen molar-refractivity contribution >= 4 is 45.9 Å². The number of fused-ring (bicyclic) bond motifs is 1. The van der Waals surface area contributed by atoms with Crippen LogP contribution in [0.4, 0.5) is 17.1 Å². The van der Waals surface area contributed by atoms with E-state index in [1.807, 2.05) is 6.92 Å². The minimum Gasteiger partial charge on any atom is -0.396 e. The molecular formula is C23H17ClN4O4. The van der Waals surface area contributed by atoms with Gasteiger partial charge in [0.1, 0.15) is 5.69 Å². The van der Waals surface area contributed by atoms with Crippen molar-refractivity contribution in [3.8, 4) is 0 Å². The van der Waals surface area contributed by atoms with Crippen molar-refractivity contribution in [1.82, 2.24) is 4.40 Å². The molecule has 0 aliphatic rings. The topological polar surface area (TPSA) is 120 Å². The van der Waals surface area contributed by atoms with Gasteiger partial charge in [-0.05, 0) is 48.9 Å². The Bertz CT molecular complexity index is 1390. The Kier molecular flexibility index (Phi) is 5.38. The molecule has 4 rings (SSSR count). The van der Waals surface area contributed by atoms with E-state index in [0.29, 0.717) is 16.2 Å². The molecule has 2 aromatic carbocycles. The molecular weight excluding hydrogens is 432 g/mol. The van der Waals surface area contributed by atoms with Crippen LogP contribution in [0.2, 0.25) is 5.02 Å². The van der Waals surface area contributed by atoms with Crippen molar-refractivity contribution in [2.24, 2.45) is 0 Å². The summed E-state index contributed by atoms with van der Waals surface area (Å²) >= 11 is 6.15. The fourth-order valence-electron chi connectivity index (χ4n) is 3.43. The number of nitro groups is 1. The number of nitrogens with zero attached hydrogens (tertiary/aromatic N) is 2. The van der Waals surface area contributed by atoms with Crippen LogP contribution in [-0.4, -0.2) is 21.0 Å². The smallest absolute Gasteiger partial charge is 0.269 e. The number of halogens is 1. The summed E-state index contributed by atoms with van der Waals surface area (Å²) in [5, 5.41) is 14.2. The van der Waals surface area contributed by atoms with Crippen molar-refractivity contribution in [3.05, 3.63) is 104 Å². The maximum atomic E-state index is 13.2. The second kappa shape index (κ2) is 8.16. The molecule has 3 N–H and O–H groups in total. The summed E-state index contributed by atoms with van der Waals surface area (Å²) in [6.07, 6.45) is 1.63. The predicted octanol–water partition coefficient (Wildman–Crippen LogP) is 4.87. The lowest BCUT2D eigenvalue weighted by Gasteiger charge is -2.07. The third-order valence-corrected chi connectivity index (χ3v) is 5.50. The highest BCUT2D eigenvalue weighted by molar-refractivity contribution is 6.31. The van der Waals surface area contributed by atoms with Crippen LogP contribution in [0.15, 0.2) is 66.9 Å². The van der Waals surface area contributed by atoms with Gasteiger partial charge in [-0.25, -0.2) is 0 Å². The first-order valence-electron chi connectivity index (χ1n) is 9.53. The number of anilines is 2. The molecule has 0 saturated carbocycles. The third-order valence-electron chi connectivity index (χ3n) is 5.09. The molecule has 0 saturated heterocycles. The number of nitrogens with two attached hydrogens (primary N) is 1. The zero-order chi connectivity index (χ0) is 23.0. The van der Waals surface area contributed by atoms with Crippen LogP contribution in [-0.2, 0) is 0 Å². The van der Waals surface area contributed by atoms with E-state index < -0.39 is 16.6 Å². The number of amides is 1. The average molecular weight is 449 g/mol. The number of hydrogen-bond acceptors (Lipinski definition) is 5. The summed E-state index contributed by atoms with van der Waals surface area (Å²) in [4.78, 5) is 36.7. The van der Waals surface area contributed by atoms with Gasteiger partial charge in [0.15, 0.2) is 0 Å². The molecule has 0 fully saturated rings. The molecule has 0 unspecified atom stereocenters. The number of nitro benzene ring substituents is 1. The Morgan fingerprint density at radius 2 is 1.81 bits per heavy atom. The van der Waals surface area contributed by atoms with Crippen molar-refractivity contribution in [2.75, 3.05) is 11.1 Å². The summed E-state index contributed by atoms with van der Waals surface area (Å²) in [5.41, 5.74) is 8.45. The summed E-state index contributed by atoms with van der Waals surface area (Å²) in [6, 6.07) is 15.5. The van der Waals surface area contributed by atoms with Gasteiger partial charge in [-0.3, -0.25) is 19.7 Å². The van der Waals surface area contributed by atoms with E-state index in [1.54, 1.807) is 42.6 Å². The van der Waals surface area contributed by atoms with Gasteiger partial charge in [0.25, 0.3) is 11.6 Å². The van der Waals surface area contributed by atoms with E-state index in [1.165, 1.54) is 28.7 Å². The third kappa shape index (κ3) is 3.67. The molecule has 0 spiro atoms. The van der Waals surface area contributed by atoms with Crippen LogP contribution >= 0.6 is 11.6 Å². The van der Waals surface area contributed by atoms with Gasteiger partial charge < -0.3 is 15.5 Å². The first kappa shape index (κ1) is 21.1. The molecule has 0 radical (unpaired) electrons. The molecule has 4 aromatic rings. The molecule has 0 aliphatic heterocycles. The number of benzene rings is 2. The van der Waals surface area contributed by atoms with Gasteiger partial charge in [-0.1, -0.05) is 23.7 Å². The van der Waals surface area contributed by atoms with E-state index in [0.717, 1.165) is 5.56 Å². The number of ketones is 1. The van der Waals surface area contributed by atoms with E-state index in [4.69, 9.17) is 17.3 Å². The number of aromatic nitrogens is 1. The molecule has 0 bridgehead atoms. The Morgan fingerprint density at radius 1 is 1.09 bits per heavy atom. The second-order valence-electron chi connectivity index (χ2n) is 7.14. The van der Waals surface area contributed by atoms with Gasteiger partial charge in [0.05, 0.1) is 21.7 Å². The van der Waals surface area contributed by atoms with Gasteiger partial charge in [-0.15, -0.1) is 0 Å². The molecule has 0 atom stereocenters. The van der Waals surface area contributed by atoms with Crippen LogP contribution in [0.25, 0.3) is 5.52 Å². The van der Waals surface area contributed by atoms with Crippen LogP contribution in [0.5, 0.6) is 0 Å². The summed E-state index contributed by atoms with van der Waals surface area (Å²) in [5.74, 6) is -0.954. The van der Waals surface area contributed by atoms with Crippen molar-refractivity contribution in [1.29, 1.82) is 0 Å². The molecule has 1 amide bonds. The fraction of sp³-hybridized carbons (Fsp3) is 0.0435. The lowest BCUT2D eigenvalue weighted by molar-refractivity contribution is -0.384. The van der Waals surface area contributed by atoms with Crippen LogP contribution < -0.4 is 11.1 Å². The van der Waals surface area contributed by atoms with Gasteiger partial charge in [-0.2, -0.15) is 0 Å². The molecule has 2 aromatic heterocycles. The molecule has 8 nitrogen and oxygen atoms in total. The number of pyridine rings is 1. The number of non-ortho nitro benzene ring substituents is 1. The monoisotopic (exact) mass is 448 g/mol. The van der Waals surface area contributed by atoms with Crippen molar-refractivity contribution < 1.29 is 14.5 Å². The Hall–Kier alpha value is -4.17. The summed E-state index contributed by atoms with van der Waals surface area (Å²) in [7, 11) is 0. The molecule has 2 heterocycles. The highest BCUT2D eigenvalue weighted by Crippen LogP contribution is 2.30. The Morgan fingerprint density at radius 3 is 2.47 bits per heavy atom. The van der Waals surface area contributed by atoms with Gasteiger partial charge in [0.2, 0.25) is 5.78 Å². The number of nitrogen functional groups attached to an aromatic ring is 1. The number of nitrogens with one attached hydrogen (secondary N) is 1. The number of hydrogen-bond donors (Lipinski definition) is 2. The van der Waals surface area contributed by atoms with E-state index in [-0.39, 0.29) is 28.2 Å². The highest BCUT2D eigenvalue weighted by Gasteiger charge is 2.26.